The van der Waals surface area contributed by atoms with Gasteiger partial charge in [-0.15, -0.1) is 10.2 Å². The molecular weight excluding hydrogens is 330 g/mol. The zero-order valence-electron chi connectivity index (χ0n) is 13.4. The predicted octanol–water partition coefficient (Wildman–Crippen LogP) is 2.39. The van der Waals surface area contributed by atoms with Crippen LogP contribution in [-0.4, -0.2) is 34.7 Å². The Bertz CT molecular complexity index is 782. The summed E-state index contributed by atoms with van der Waals surface area (Å²) in [6.45, 7) is 2.08. The predicted molar refractivity (Wildman–Crippen MR) is 92.2 cm³/mol. The lowest BCUT2D eigenvalue weighted by atomic mass is 10.1. The standard InChI is InChI=1S/C16H21N3O2S2/c1-12-3-5-13(6-4-12)10-22-16-18-17-15(19(16)2)9-14-7-8-23(20,21)11-14/h3-6,14H,7-11H2,1-2H3. The van der Waals surface area contributed by atoms with Gasteiger partial charge in [0, 0.05) is 19.2 Å². The molecule has 1 aliphatic rings. The molecule has 0 saturated carbocycles. The molecule has 7 heteroatoms. The first-order valence-corrected chi connectivity index (χ1v) is 10.5. The SMILES string of the molecule is Cc1ccc(CSc2nnc(CC3CCS(=O)(=O)C3)n2C)cc1. The zero-order valence-corrected chi connectivity index (χ0v) is 15.0. The van der Waals surface area contributed by atoms with Gasteiger partial charge in [0.25, 0.3) is 0 Å². The molecule has 2 heterocycles. The lowest BCUT2D eigenvalue weighted by Crippen LogP contribution is -2.11. The second-order valence-corrected chi connectivity index (χ2v) is 9.38. The van der Waals surface area contributed by atoms with Crippen molar-refractivity contribution in [2.75, 3.05) is 11.5 Å². The maximum absolute atomic E-state index is 11.6. The number of thioether (sulfide) groups is 1. The van der Waals surface area contributed by atoms with Crippen LogP contribution >= 0.6 is 11.8 Å². The smallest absolute Gasteiger partial charge is 0.191 e. The van der Waals surface area contributed by atoms with E-state index < -0.39 is 9.84 Å². The highest BCUT2D eigenvalue weighted by molar-refractivity contribution is 7.98. The van der Waals surface area contributed by atoms with E-state index in [2.05, 4.69) is 41.4 Å². The van der Waals surface area contributed by atoms with Gasteiger partial charge in [0.15, 0.2) is 15.0 Å². The van der Waals surface area contributed by atoms with Gasteiger partial charge in [0.2, 0.25) is 0 Å². The van der Waals surface area contributed by atoms with Crippen molar-refractivity contribution in [1.29, 1.82) is 0 Å². The average molecular weight is 351 g/mol. The molecule has 0 spiro atoms. The van der Waals surface area contributed by atoms with Crippen LogP contribution in [0.1, 0.15) is 23.4 Å². The van der Waals surface area contributed by atoms with Crippen LogP contribution in [0.15, 0.2) is 29.4 Å². The highest BCUT2D eigenvalue weighted by Gasteiger charge is 2.29. The molecule has 0 radical (unpaired) electrons. The molecule has 0 amide bonds. The Morgan fingerprint density at radius 2 is 2.00 bits per heavy atom. The van der Waals surface area contributed by atoms with Crippen LogP contribution in [0.2, 0.25) is 0 Å². The van der Waals surface area contributed by atoms with Gasteiger partial charge in [-0.3, -0.25) is 0 Å². The van der Waals surface area contributed by atoms with Gasteiger partial charge in [-0.25, -0.2) is 8.42 Å². The third-order valence-corrected chi connectivity index (χ3v) is 7.14. The summed E-state index contributed by atoms with van der Waals surface area (Å²) in [6, 6.07) is 8.48. The van der Waals surface area contributed by atoms with Crippen LogP contribution in [0, 0.1) is 12.8 Å². The van der Waals surface area contributed by atoms with Crippen molar-refractivity contribution < 1.29 is 8.42 Å². The molecule has 124 valence electrons. The minimum Gasteiger partial charge on any atom is -0.309 e. The molecule has 23 heavy (non-hydrogen) atoms. The van der Waals surface area contributed by atoms with Gasteiger partial charge in [0.1, 0.15) is 5.82 Å². The maximum atomic E-state index is 11.6. The number of benzene rings is 1. The number of hydrogen-bond donors (Lipinski definition) is 0. The van der Waals surface area contributed by atoms with Crippen LogP contribution in [0.5, 0.6) is 0 Å². The Labute approximate surface area is 141 Å². The normalized spacial score (nSPS) is 20.0. The summed E-state index contributed by atoms with van der Waals surface area (Å²) in [4.78, 5) is 0. The Morgan fingerprint density at radius 1 is 1.26 bits per heavy atom. The number of nitrogens with zero attached hydrogens (tertiary/aromatic N) is 3. The molecular formula is C16H21N3O2S2. The summed E-state index contributed by atoms with van der Waals surface area (Å²) in [5.41, 5.74) is 2.51. The van der Waals surface area contributed by atoms with E-state index in [-0.39, 0.29) is 11.7 Å². The summed E-state index contributed by atoms with van der Waals surface area (Å²) in [5, 5.41) is 9.38. The van der Waals surface area contributed by atoms with E-state index in [4.69, 9.17) is 0 Å². The maximum Gasteiger partial charge on any atom is 0.191 e. The van der Waals surface area contributed by atoms with Gasteiger partial charge in [0.05, 0.1) is 11.5 Å². The van der Waals surface area contributed by atoms with E-state index in [1.54, 1.807) is 11.8 Å². The fraction of sp³-hybridized carbons (Fsp3) is 0.500. The monoisotopic (exact) mass is 351 g/mol. The Balaban J connectivity index is 1.61. The Hall–Kier alpha value is -1.34. The molecule has 0 bridgehead atoms. The zero-order chi connectivity index (χ0) is 16.4. The molecule has 1 unspecified atom stereocenters. The quantitative estimate of drug-likeness (QED) is 0.774. The van der Waals surface area contributed by atoms with Gasteiger partial charge >= 0.3 is 0 Å². The lowest BCUT2D eigenvalue weighted by molar-refractivity contribution is 0.552. The fourth-order valence-electron chi connectivity index (χ4n) is 2.77. The van der Waals surface area contributed by atoms with Gasteiger partial charge in [-0.1, -0.05) is 41.6 Å². The minimum absolute atomic E-state index is 0.179. The van der Waals surface area contributed by atoms with Crippen molar-refractivity contribution >= 4 is 21.6 Å². The average Bonchev–Trinajstić information content (AvgIpc) is 3.02. The minimum atomic E-state index is -2.83. The summed E-state index contributed by atoms with van der Waals surface area (Å²) >= 11 is 1.66. The van der Waals surface area contributed by atoms with Crippen LogP contribution in [0.25, 0.3) is 0 Å². The Kier molecular flexibility index (Phi) is 4.77. The van der Waals surface area contributed by atoms with Gasteiger partial charge < -0.3 is 4.57 Å². The first kappa shape index (κ1) is 16.5. The lowest BCUT2D eigenvalue weighted by Gasteiger charge is -2.07. The van der Waals surface area contributed by atoms with Crippen molar-refractivity contribution in [3.05, 3.63) is 41.2 Å². The third-order valence-electron chi connectivity index (χ3n) is 4.21. The first-order valence-electron chi connectivity index (χ1n) is 7.70. The fourth-order valence-corrected chi connectivity index (χ4v) is 5.52. The van der Waals surface area contributed by atoms with Crippen LogP contribution in [0.4, 0.5) is 0 Å². The highest BCUT2D eigenvalue weighted by atomic mass is 32.2. The summed E-state index contributed by atoms with van der Waals surface area (Å²) in [6.07, 6.45) is 1.43. The molecule has 1 aromatic carbocycles. The molecule has 5 nitrogen and oxygen atoms in total. The highest BCUT2D eigenvalue weighted by Crippen LogP contribution is 2.25. The molecule has 1 aromatic heterocycles. The largest absolute Gasteiger partial charge is 0.309 e. The van der Waals surface area contributed by atoms with Crippen molar-refractivity contribution in [3.63, 3.8) is 0 Å². The van der Waals surface area contributed by atoms with Crippen LogP contribution in [-0.2, 0) is 29.1 Å². The van der Waals surface area contributed by atoms with E-state index in [0.29, 0.717) is 12.2 Å². The summed E-state index contributed by atoms with van der Waals surface area (Å²) in [7, 11) is -0.879. The number of aromatic nitrogens is 3. The Morgan fingerprint density at radius 3 is 2.65 bits per heavy atom. The van der Waals surface area contributed by atoms with Crippen LogP contribution in [0.3, 0.4) is 0 Å². The van der Waals surface area contributed by atoms with Crippen molar-refractivity contribution in [3.8, 4) is 0 Å². The van der Waals surface area contributed by atoms with E-state index in [9.17, 15) is 8.42 Å². The molecule has 0 N–H and O–H groups in total. The number of rotatable bonds is 5. The van der Waals surface area contributed by atoms with E-state index >= 15 is 0 Å². The topological polar surface area (TPSA) is 64.8 Å². The molecule has 0 aliphatic carbocycles. The second-order valence-electron chi connectivity index (χ2n) is 6.21. The van der Waals surface area contributed by atoms with Gasteiger partial charge in [-0.2, -0.15) is 0 Å². The number of hydrogen-bond acceptors (Lipinski definition) is 5. The van der Waals surface area contributed by atoms with Crippen molar-refractivity contribution in [2.45, 2.75) is 30.7 Å². The van der Waals surface area contributed by atoms with Gasteiger partial charge in [-0.05, 0) is 24.8 Å². The summed E-state index contributed by atoms with van der Waals surface area (Å²) in [5.74, 6) is 2.50. The molecule has 2 aromatic rings. The molecule has 1 aliphatic heterocycles. The van der Waals surface area contributed by atoms with Crippen LogP contribution < -0.4 is 0 Å². The second kappa shape index (κ2) is 6.65. The molecule has 1 fully saturated rings. The number of aryl methyl sites for hydroxylation is 1. The number of sulfone groups is 1. The third kappa shape index (κ3) is 4.14. The first-order chi connectivity index (χ1) is 10.9. The van der Waals surface area contributed by atoms with E-state index in [1.807, 2.05) is 11.6 Å². The van der Waals surface area contributed by atoms with Crippen molar-refractivity contribution in [2.24, 2.45) is 13.0 Å². The molecule has 1 saturated heterocycles. The van der Waals surface area contributed by atoms with E-state index in [0.717, 1.165) is 23.2 Å². The van der Waals surface area contributed by atoms with E-state index in [1.165, 1.54) is 11.1 Å². The molecule has 1 atom stereocenters. The molecule has 3 rings (SSSR count). The summed E-state index contributed by atoms with van der Waals surface area (Å²) < 4.78 is 25.1. The van der Waals surface area contributed by atoms with Crippen molar-refractivity contribution in [1.82, 2.24) is 14.8 Å².